The zero-order valence-electron chi connectivity index (χ0n) is 21.5. The van der Waals surface area contributed by atoms with E-state index in [0.717, 1.165) is 16.1 Å². The highest BCUT2D eigenvalue weighted by Gasteiger charge is 2.32. The molecule has 0 heterocycles. The summed E-state index contributed by atoms with van der Waals surface area (Å²) < 4.78 is 41.1. The van der Waals surface area contributed by atoms with Gasteiger partial charge in [0.2, 0.25) is 21.8 Å². The van der Waals surface area contributed by atoms with E-state index in [0.29, 0.717) is 5.69 Å². The number of sulfonamides is 1. The van der Waals surface area contributed by atoms with Crippen molar-refractivity contribution in [1.29, 1.82) is 0 Å². The van der Waals surface area contributed by atoms with Gasteiger partial charge < -0.3 is 10.2 Å². The fourth-order valence-corrected chi connectivity index (χ4v) is 4.53. The lowest BCUT2D eigenvalue weighted by atomic mass is 10.0. The minimum absolute atomic E-state index is 0.0107. The number of amides is 2. The van der Waals surface area contributed by atoms with Gasteiger partial charge >= 0.3 is 0 Å². The second-order valence-electron chi connectivity index (χ2n) is 10.0. The summed E-state index contributed by atoms with van der Waals surface area (Å²) in [4.78, 5) is 27.8. The van der Waals surface area contributed by atoms with Crippen molar-refractivity contribution < 1.29 is 22.4 Å². The summed E-state index contributed by atoms with van der Waals surface area (Å²) in [5.74, 6) is -1.54. The Morgan fingerprint density at radius 1 is 1.00 bits per heavy atom. The number of benzene rings is 2. The summed E-state index contributed by atoms with van der Waals surface area (Å²) in [5.41, 5.74) is 0.846. The molecule has 0 radical (unpaired) electrons. The molecule has 0 unspecified atom stereocenters. The van der Waals surface area contributed by atoms with Gasteiger partial charge in [-0.15, -0.1) is 0 Å². The standard InChI is InChI=1S/C26H36FN3O4S/c1-18(2)21-13-9-11-15-23(21)30(35(7,33)34)17-24(31)29(16-20-12-8-10-14-22(20)27)19(3)25(32)28-26(4,5)6/h8-15,18-19H,16-17H2,1-7H3,(H,28,32)/t19-/m1/s1. The van der Waals surface area contributed by atoms with Crippen LogP contribution < -0.4 is 9.62 Å². The first-order chi connectivity index (χ1) is 16.1. The predicted molar refractivity (Wildman–Crippen MR) is 137 cm³/mol. The smallest absolute Gasteiger partial charge is 0.244 e. The maximum Gasteiger partial charge on any atom is 0.244 e. The van der Waals surface area contributed by atoms with Crippen molar-refractivity contribution in [3.05, 3.63) is 65.5 Å². The number of anilines is 1. The Hall–Kier alpha value is -2.94. The Balaban J connectivity index is 2.49. The maximum atomic E-state index is 14.5. The van der Waals surface area contributed by atoms with E-state index in [1.807, 2.05) is 46.8 Å². The maximum absolute atomic E-state index is 14.5. The van der Waals surface area contributed by atoms with E-state index in [2.05, 4.69) is 5.32 Å². The van der Waals surface area contributed by atoms with E-state index in [9.17, 15) is 22.4 Å². The molecule has 2 rings (SSSR count). The van der Waals surface area contributed by atoms with Gasteiger partial charge in [-0.25, -0.2) is 12.8 Å². The van der Waals surface area contributed by atoms with Gasteiger partial charge in [-0.2, -0.15) is 0 Å². The third kappa shape index (κ3) is 7.78. The van der Waals surface area contributed by atoms with Crippen LogP contribution in [0.5, 0.6) is 0 Å². The van der Waals surface area contributed by atoms with Crippen molar-refractivity contribution in [3.8, 4) is 0 Å². The Morgan fingerprint density at radius 3 is 2.11 bits per heavy atom. The minimum atomic E-state index is -3.85. The van der Waals surface area contributed by atoms with E-state index in [4.69, 9.17) is 0 Å². The number of hydrogen-bond donors (Lipinski definition) is 1. The van der Waals surface area contributed by atoms with Crippen molar-refractivity contribution in [2.45, 2.75) is 65.6 Å². The Labute approximate surface area is 208 Å². The molecule has 192 valence electrons. The third-order valence-corrected chi connectivity index (χ3v) is 6.60. The van der Waals surface area contributed by atoms with Crippen LogP contribution in [0.2, 0.25) is 0 Å². The van der Waals surface area contributed by atoms with Crippen LogP contribution >= 0.6 is 0 Å². The Kier molecular flexibility index (Phi) is 9.06. The zero-order chi connectivity index (χ0) is 26.6. The second-order valence-corrected chi connectivity index (χ2v) is 11.9. The number of hydrogen-bond acceptors (Lipinski definition) is 4. The zero-order valence-corrected chi connectivity index (χ0v) is 22.3. The molecule has 0 aliphatic heterocycles. The van der Waals surface area contributed by atoms with Crippen molar-refractivity contribution in [2.75, 3.05) is 17.1 Å². The van der Waals surface area contributed by atoms with Gasteiger partial charge in [-0.3, -0.25) is 13.9 Å². The van der Waals surface area contributed by atoms with Crippen molar-refractivity contribution in [2.24, 2.45) is 0 Å². The summed E-state index contributed by atoms with van der Waals surface area (Å²) in [6.07, 6.45) is 1.04. The quantitative estimate of drug-likeness (QED) is 0.557. The predicted octanol–water partition coefficient (Wildman–Crippen LogP) is 4.05. The van der Waals surface area contributed by atoms with Crippen molar-refractivity contribution >= 4 is 27.5 Å². The number of carbonyl (C=O) groups excluding carboxylic acids is 2. The van der Waals surface area contributed by atoms with Crippen LogP contribution in [0.4, 0.5) is 10.1 Å². The number of nitrogens with zero attached hydrogens (tertiary/aromatic N) is 2. The number of rotatable bonds is 9. The van der Waals surface area contributed by atoms with Crippen molar-refractivity contribution in [3.63, 3.8) is 0 Å². The van der Waals surface area contributed by atoms with E-state index in [1.54, 1.807) is 25.1 Å². The average molecular weight is 506 g/mol. The monoisotopic (exact) mass is 505 g/mol. The molecule has 0 fully saturated rings. The number of halogens is 1. The molecule has 1 atom stereocenters. The van der Waals surface area contributed by atoms with Crippen LogP contribution in [0.25, 0.3) is 0 Å². The van der Waals surface area contributed by atoms with E-state index in [1.165, 1.54) is 23.1 Å². The fraction of sp³-hybridized carbons (Fsp3) is 0.462. The summed E-state index contributed by atoms with van der Waals surface area (Å²) >= 11 is 0. The molecule has 0 bridgehead atoms. The van der Waals surface area contributed by atoms with Crippen LogP contribution in [0.1, 0.15) is 58.6 Å². The molecular formula is C26H36FN3O4S. The number of carbonyl (C=O) groups is 2. The molecular weight excluding hydrogens is 469 g/mol. The highest BCUT2D eigenvalue weighted by Crippen LogP contribution is 2.29. The van der Waals surface area contributed by atoms with Crippen LogP contribution in [0, 0.1) is 5.82 Å². The lowest BCUT2D eigenvalue weighted by Crippen LogP contribution is -2.54. The molecule has 0 aromatic heterocycles. The molecule has 0 aliphatic carbocycles. The van der Waals surface area contributed by atoms with Crippen LogP contribution in [0.15, 0.2) is 48.5 Å². The number of nitrogens with one attached hydrogen (secondary N) is 1. The first-order valence-electron chi connectivity index (χ1n) is 11.5. The molecule has 2 amide bonds. The molecule has 9 heteroatoms. The van der Waals surface area contributed by atoms with E-state index < -0.39 is 45.8 Å². The molecule has 7 nitrogen and oxygen atoms in total. The van der Waals surface area contributed by atoms with Gasteiger partial charge in [0, 0.05) is 17.6 Å². The van der Waals surface area contributed by atoms with Crippen molar-refractivity contribution in [1.82, 2.24) is 10.2 Å². The Morgan fingerprint density at radius 2 is 1.57 bits per heavy atom. The molecule has 2 aromatic carbocycles. The summed E-state index contributed by atoms with van der Waals surface area (Å²) in [6.45, 7) is 10.2. The largest absolute Gasteiger partial charge is 0.350 e. The highest BCUT2D eigenvalue weighted by molar-refractivity contribution is 7.92. The Bertz CT molecular complexity index is 1160. The summed E-state index contributed by atoms with van der Waals surface area (Å²) in [7, 11) is -3.85. The van der Waals surface area contributed by atoms with E-state index in [-0.39, 0.29) is 18.0 Å². The average Bonchev–Trinajstić information content (AvgIpc) is 2.74. The SMILES string of the molecule is CC(C)c1ccccc1N(CC(=O)N(Cc1ccccc1F)[C@H](C)C(=O)NC(C)(C)C)S(C)(=O)=O. The molecule has 0 saturated carbocycles. The number of para-hydroxylation sites is 1. The first-order valence-corrected chi connectivity index (χ1v) is 13.4. The molecule has 0 spiro atoms. The van der Waals surface area contributed by atoms with Gasteiger partial charge in [0.05, 0.1) is 11.9 Å². The van der Waals surface area contributed by atoms with Crippen LogP contribution in [-0.4, -0.2) is 49.5 Å². The third-order valence-electron chi connectivity index (χ3n) is 5.47. The summed E-state index contributed by atoms with van der Waals surface area (Å²) in [5, 5.41) is 2.84. The van der Waals surface area contributed by atoms with Gasteiger partial charge in [0.25, 0.3) is 0 Å². The van der Waals surface area contributed by atoms with E-state index >= 15 is 0 Å². The summed E-state index contributed by atoms with van der Waals surface area (Å²) in [6, 6.07) is 12.0. The lowest BCUT2D eigenvalue weighted by Gasteiger charge is -2.33. The first kappa shape index (κ1) is 28.3. The molecule has 1 N–H and O–H groups in total. The van der Waals surface area contributed by atoms with Crippen LogP contribution in [-0.2, 0) is 26.2 Å². The molecule has 0 saturated heterocycles. The normalized spacial score (nSPS) is 12.8. The topological polar surface area (TPSA) is 86.8 Å². The van der Waals surface area contributed by atoms with Gasteiger partial charge in [0.15, 0.2) is 0 Å². The van der Waals surface area contributed by atoms with Gasteiger partial charge in [-0.1, -0.05) is 50.2 Å². The molecule has 2 aromatic rings. The fourth-order valence-electron chi connectivity index (χ4n) is 3.66. The van der Waals surface area contributed by atoms with Gasteiger partial charge in [-0.05, 0) is 51.3 Å². The lowest BCUT2D eigenvalue weighted by molar-refractivity contribution is -0.140. The molecule has 35 heavy (non-hydrogen) atoms. The van der Waals surface area contributed by atoms with Crippen LogP contribution in [0.3, 0.4) is 0 Å². The molecule has 0 aliphatic rings. The second kappa shape index (κ2) is 11.2. The minimum Gasteiger partial charge on any atom is -0.350 e. The van der Waals surface area contributed by atoms with Gasteiger partial charge in [0.1, 0.15) is 18.4 Å². The highest BCUT2D eigenvalue weighted by atomic mass is 32.2.